The number of primary sulfonamides is 1. The van der Waals surface area contributed by atoms with E-state index >= 15 is 0 Å². The molecule has 0 atom stereocenters. The van der Waals surface area contributed by atoms with Crippen molar-refractivity contribution in [3.8, 4) is 22.6 Å². The van der Waals surface area contributed by atoms with E-state index in [0.717, 1.165) is 16.8 Å². The highest BCUT2D eigenvalue weighted by molar-refractivity contribution is 7.89. The molecule has 28 heavy (non-hydrogen) atoms. The first kappa shape index (κ1) is 18.0. The molecule has 2 N–H and O–H groups in total. The summed E-state index contributed by atoms with van der Waals surface area (Å²) >= 11 is 0. The topological polar surface area (TPSA) is 112 Å². The molecule has 0 aliphatic heterocycles. The van der Waals surface area contributed by atoms with Gasteiger partial charge in [0.2, 0.25) is 21.7 Å². The molecular formula is C20H16N4O3S. The van der Waals surface area contributed by atoms with Crippen LogP contribution in [0.15, 0.2) is 82.3 Å². The van der Waals surface area contributed by atoms with E-state index in [9.17, 15) is 8.42 Å². The van der Waals surface area contributed by atoms with Crippen LogP contribution in [-0.2, 0) is 16.4 Å². The lowest BCUT2D eigenvalue weighted by Crippen LogP contribution is -2.13. The molecule has 2 aromatic heterocycles. The summed E-state index contributed by atoms with van der Waals surface area (Å²) in [7, 11) is -3.89. The van der Waals surface area contributed by atoms with E-state index in [0.29, 0.717) is 17.9 Å². The molecule has 0 saturated carbocycles. The molecule has 0 saturated heterocycles. The minimum atomic E-state index is -3.89. The second-order valence-corrected chi connectivity index (χ2v) is 7.67. The molecule has 0 unspecified atom stereocenters. The van der Waals surface area contributed by atoms with Crippen LogP contribution in [0.5, 0.6) is 0 Å². The first-order valence-corrected chi connectivity index (χ1v) is 10.0. The van der Waals surface area contributed by atoms with Crippen molar-refractivity contribution in [2.24, 2.45) is 5.14 Å². The Morgan fingerprint density at radius 2 is 1.68 bits per heavy atom. The lowest BCUT2D eigenvalue weighted by molar-refractivity contribution is 0.385. The van der Waals surface area contributed by atoms with Crippen LogP contribution >= 0.6 is 0 Å². The van der Waals surface area contributed by atoms with E-state index in [4.69, 9.17) is 9.66 Å². The minimum Gasteiger partial charge on any atom is -0.339 e. The first-order chi connectivity index (χ1) is 13.5. The van der Waals surface area contributed by atoms with Gasteiger partial charge < -0.3 is 4.52 Å². The smallest absolute Gasteiger partial charge is 0.238 e. The Morgan fingerprint density at radius 3 is 2.39 bits per heavy atom. The zero-order valence-corrected chi connectivity index (χ0v) is 15.5. The molecule has 0 spiro atoms. The number of pyridine rings is 1. The van der Waals surface area contributed by atoms with Gasteiger partial charge >= 0.3 is 0 Å². The van der Waals surface area contributed by atoms with Gasteiger partial charge in [0.15, 0.2) is 0 Å². The number of benzene rings is 2. The Balaban J connectivity index is 1.57. The molecule has 0 aliphatic rings. The highest BCUT2D eigenvalue weighted by atomic mass is 32.2. The molecule has 2 heterocycles. The van der Waals surface area contributed by atoms with Crippen LogP contribution in [0, 0.1) is 0 Å². The summed E-state index contributed by atoms with van der Waals surface area (Å²) in [5, 5.41) is 9.17. The minimum absolute atomic E-state index is 0.0398. The fourth-order valence-electron chi connectivity index (χ4n) is 2.84. The second-order valence-electron chi connectivity index (χ2n) is 6.14. The number of hydrogen-bond donors (Lipinski definition) is 1. The van der Waals surface area contributed by atoms with Gasteiger partial charge in [-0.05, 0) is 29.8 Å². The van der Waals surface area contributed by atoms with E-state index in [1.165, 1.54) is 6.07 Å². The molecule has 140 valence electrons. The maximum absolute atomic E-state index is 11.8. The molecule has 0 amide bonds. The molecule has 0 bridgehead atoms. The van der Waals surface area contributed by atoms with E-state index < -0.39 is 10.0 Å². The lowest BCUT2D eigenvalue weighted by atomic mass is 10.1. The Hall–Kier alpha value is -3.36. The van der Waals surface area contributed by atoms with Gasteiger partial charge in [-0.2, -0.15) is 4.98 Å². The summed E-state index contributed by atoms with van der Waals surface area (Å²) < 4.78 is 28.8. The van der Waals surface area contributed by atoms with Crippen LogP contribution in [0.3, 0.4) is 0 Å². The number of nitrogens with zero attached hydrogens (tertiary/aromatic N) is 3. The molecule has 0 aliphatic carbocycles. The van der Waals surface area contributed by atoms with Crippen molar-refractivity contribution < 1.29 is 12.9 Å². The fourth-order valence-corrected chi connectivity index (χ4v) is 3.57. The maximum atomic E-state index is 11.8. The molecule has 0 radical (unpaired) electrons. The number of nitrogens with two attached hydrogens (primary N) is 1. The van der Waals surface area contributed by atoms with Gasteiger partial charge in [0.25, 0.3) is 0 Å². The van der Waals surface area contributed by atoms with Crippen LogP contribution < -0.4 is 5.14 Å². The van der Waals surface area contributed by atoms with Crippen LogP contribution in [-0.4, -0.2) is 23.5 Å². The van der Waals surface area contributed by atoms with E-state index in [1.807, 2.05) is 42.5 Å². The normalized spacial score (nSPS) is 11.5. The molecule has 8 heteroatoms. The van der Waals surface area contributed by atoms with Gasteiger partial charge in [-0.15, -0.1) is 0 Å². The zero-order chi connectivity index (χ0) is 19.6. The zero-order valence-electron chi connectivity index (χ0n) is 14.7. The quantitative estimate of drug-likeness (QED) is 0.559. The van der Waals surface area contributed by atoms with Crippen molar-refractivity contribution in [3.05, 3.63) is 84.4 Å². The van der Waals surface area contributed by atoms with Gasteiger partial charge in [-0.1, -0.05) is 47.6 Å². The fraction of sp³-hybridized carbons (Fsp3) is 0.0500. The summed E-state index contributed by atoms with van der Waals surface area (Å²) in [6, 6.07) is 19.9. The Labute approximate surface area is 161 Å². The van der Waals surface area contributed by atoms with Gasteiger partial charge in [-0.25, -0.2) is 13.6 Å². The molecular weight excluding hydrogens is 376 g/mol. The molecule has 4 rings (SSSR count). The maximum Gasteiger partial charge on any atom is 0.238 e. The summed E-state index contributed by atoms with van der Waals surface area (Å²) in [6.45, 7) is 0. The van der Waals surface area contributed by atoms with E-state index in [2.05, 4.69) is 15.1 Å². The highest BCUT2D eigenvalue weighted by Crippen LogP contribution is 2.25. The highest BCUT2D eigenvalue weighted by Gasteiger charge is 2.18. The summed E-state index contributed by atoms with van der Waals surface area (Å²) in [4.78, 5) is 8.61. The van der Waals surface area contributed by atoms with Crippen LogP contribution in [0.2, 0.25) is 0 Å². The van der Waals surface area contributed by atoms with Gasteiger partial charge in [0, 0.05) is 17.3 Å². The predicted octanol–water partition coefficient (Wildman–Crippen LogP) is 3.04. The predicted molar refractivity (Wildman–Crippen MR) is 104 cm³/mol. The Bertz CT molecular complexity index is 1200. The van der Waals surface area contributed by atoms with Crippen LogP contribution in [0.4, 0.5) is 0 Å². The van der Waals surface area contributed by atoms with Crippen molar-refractivity contribution in [1.29, 1.82) is 0 Å². The molecule has 7 nitrogen and oxygen atoms in total. The van der Waals surface area contributed by atoms with Crippen LogP contribution in [0.1, 0.15) is 11.5 Å². The van der Waals surface area contributed by atoms with Crippen LogP contribution in [0.25, 0.3) is 22.6 Å². The van der Waals surface area contributed by atoms with Crippen molar-refractivity contribution in [2.75, 3.05) is 0 Å². The monoisotopic (exact) mass is 392 g/mol. The summed E-state index contributed by atoms with van der Waals surface area (Å²) in [5.74, 6) is 0.564. The number of hydrogen-bond acceptors (Lipinski definition) is 6. The summed E-state index contributed by atoms with van der Waals surface area (Å²) in [6.07, 6.45) is 2.18. The Kier molecular flexibility index (Phi) is 4.72. The SMILES string of the molecule is NS(=O)(=O)c1ccccc1-c1noc(Cc2ccc(-c3ccccn3)cc2)n1. The molecule has 0 fully saturated rings. The Morgan fingerprint density at radius 1 is 0.929 bits per heavy atom. The summed E-state index contributed by atoms with van der Waals surface area (Å²) in [5.41, 5.74) is 3.20. The third-order valence-electron chi connectivity index (χ3n) is 4.17. The van der Waals surface area contributed by atoms with E-state index in [-0.39, 0.29) is 10.7 Å². The van der Waals surface area contributed by atoms with E-state index in [1.54, 1.807) is 24.4 Å². The number of rotatable bonds is 5. The molecule has 2 aromatic carbocycles. The van der Waals surface area contributed by atoms with Gasteiger partial charge in [0.05, 0.1) is 17.0 Å². The average molecular weight is 392 g/mol. The number of sulfonamides is 1. The third kappa shape index (κ3) is 3.83. The average Bonchev–Trinajstić information content (AvgIpc) is 3.17. The molecule has 4 aromatic rings. The van der Waals surface area contributed by atoms with Crippen molar-refractivity contribution in [1.82, 2.24) is 15.1 Å². The van der Waals surface area contributed by atoms with Crippen molar-refractivity contribution >= 4 is 10.0 Å². The first-order valence-electron chi connectivity index (χ1n) is 8.46. The van der Waals surface area contributed by atoms with Gasteiger partial charge in [0.1, 0.15) is 0 Å². The van der Waals surface area contributed by atoms with Gasteiger partial charge in [-0.3, -0.25) is 4.98 Å². The second kappa shape index (κ2) is 7.34. The lowest BCUT2D eigenvalue weighted by Gasteiger charge is -2.03. The van der Waals surface area contributed by atoms with Crippen molar-refractivity contribution in [2.45, 2.75) is 11.3 Å². The van der Waals surface area contributed by atoms with Crippen molar-refractivity contribution in [3.63, 3.8) is 0 Å². The third-order valence-corrected chi connectivity index (χ3v) is 5.14. The largest absolute Gasteiger partial charge is 0.339 e. The standard InChI is InChI=1S/C20H16N4O3S/c21-28(25,26)18-7-2-1-5-16(18)20-23-19(27-24-20)13-14-8-10-15(11-9-14)17-6-3-4-12-22-17/h1-12H,13H2,(H2,21,25,26). The number of aromatic nitrogens is 3.